The van der Waals surface area contributed by atoms with Crippen LogP contribution in [0.15, 0.2) is 36.3 Å². The molecule has 22 heavy (non-hydrogen) atoms. The molecular formula is C16H16N4O2. The number of imide groups is 1. The number of carbonyl (C=O) groups is 2. The van der Waals surface area contributed by atoms with Crippen molar-refractivity contribution in [2.24, 2.45) is 0 Å². The molecule has 0 unspecified atom stereocenters. The van der Waals surface area contributed by atoms with Crippen LogP contribution in [0, 0.1) is 13.8 Å². The van der Waals surface area contributed by atoms with Crippen molar-refractivity contribution in [3.05, 3.63) is 53.2 Å². The molecule has 112 valence electrons. The highest BCUT2D eigenvalue weighted by Gasteiger charge is 2.30. The summed E-state index contributed by atoms with van der Waals surface area (Å²) in [6.45, 7) is 3.96. The molecule has 0 spiro atoms. The predicted molar refractivity (Wildman–Crippen MR) is 82.3 cm³/mol. The highest BCUT2D eigenvalue weighted by atomic mass is 16.2. The molecule has 1 aliphatic heterocycles. The third-order valence-electron chi connectivity index (χ3n) is 3.76. The number of nitrogens with zero attached hydrogens (tertiary/aromatic N) is 3. The van der Waals surface area contributed by atoms with Crippen LogP contribution in [-0.2, 0) is 4.79 Å². The summed E-state index contributed by atoms with van der Waals surface area (Å²) in [4.78, 5) is 28.6. The number of likely N-dealkylation sites (N-methyl/N-ethyl adjacent to an activating group) is 1. The van der Waals surface area contributed by atoms with Gasteiger partial charge in [0.05, 0.1) is 11.9 Å². The van der Waals surface area contributed by atoms with E-state index in [1.165, 1.54) is 7.05 Å². The minimum atomic E-state index is -0.405. The number of hydrogen-bond donors (Lipinski definition) is 1. The Morgan fingerprint density at radius 3 is 2.64 bits per heavy atom. The molecule has 2 aromatic heterocycles. The Kier molecular flexibility index (Phi) is 3.29. The largest absolute Gasteiger partial charge is 0.328 e. The van der Waals surface area contributed by atoms with Crippen LogP contribution in [0.5, 0.6) is 0 Å². The average molecular weight is 296 g/mol. The molecule has 1 aliphatic rings. The normalized spacial score (nSPS) is 16.5. The molecular weight excluding hydrogens is 280 g/mol. The fourth-order valence-electron chi connectivity index (χ4n) is 2.60. The lowest BCUT2D eigenvalue weighted by Crippen LogP contribution is -2.25. The molecule has 0 atom stereocenters. The number of rotatable bonds is 2. The minimum Gasteiger partial charge on any atom is -0.316 e. The summed E-state index contributed by atoms with van der Waals surface area (Å²) in [6, 6.07) is 5.42. The maximum absolute atomic E-state index is 12.0. The van der Waals surface area contributed by atoms with Crippen molar-refractivity contribution in [3.8, 4) is 5.69 Å². The summed E-state index contributed by atoms with van der Waals surface area (Å²) < 4.78 is 2.06. The van der Waals surface area contributed by atoms with Crippen LogP contribution < -0.4 is 5.32 Å². The molecule has 0 aromatic carbocycles. The molecule has 0 radical (unpaired) electrons. The number of carbonyl (C=O) groups excluding carboxylic acids is 2. The monoisotopic (exact) mass is 296 g/mol. The molecule has 0 aliphatic carbocycles. The lowest BCUT2D eigenvalue weighted by Gasteiger charge is -2.08. The van der Waals surface area contributed by atoms with Crippen molar-refractivity contribution in [3.63, 3.8) is 0 Å². The number of hydrogen-bond acceptors (Lipinski definition) is 3. The van der Waals surface area contributed by atoms with E-state index in [1.807, 2.05) is 32.0 Å². The smallest absolute Gasteiger partial charge is 0.316 e. The van der Waals surface area contributed by atoms with Crippen LogP contribution in [0.1, 0.15) is 17.0 Å². The molecule has 3 heterocycles. The van der Waals surface area contributed by atoms with E-state index >= 15 is 0 Å². The summed E-state index contributed by atoms with van der Waals surface area (Å²) >= 11 is 0. The molecule has 0 saturated carbocycles. The fourth-order valence-corrected chi connectivity index (χ4v) is 2.60. The minimum absolute atomic E-state index is 0.291. The summed E-state index contributed by atoms with van der Waals surface area (Å²) in [5.74, 6) is -0.323. The second kappa shape index (κ2) is 5.14. The first-order valence-corrected chi connectivity index (χ1v) is 6.89. The first-order valence-electron chi connectivity index (χ1n) is 6.89. The standard InChI is InChI=1S/C16H16N4O2/c1-10-7-12(8-14-15(21)19(3)16(22)18-14)11(2)20(10)13-5-4-6-17-9-13/h4-9H,1-3H3,(H,18,22)/b14-8+. The lowest BCUT2D eigenvalue weighted by molar-refractivity contribution is -0.121. The quantitative estimate of drug-likeness (QED) is 0.681. The van der Waals surface area contributed by atoms with Gasteiger partial charge in [-0.15, -0.1) is 0 Å². The number of amides is 3. The Hall–Kier alpha value is -2.89. The van der Waals surface area contributed by atoms with Gasteiger partial charge < -0.3 is 9.88 Å². The first kappa shape index (κ1) is 14.1. The fraction of sp³-hybridized carbons (Fsp3) is 0.188. The average Bonchev–Trinajstić information content (AvgIpc) is 2.92. The first-order chi connectivity index (χ1) is 10.5. The van der Waals surface area contributed by atoms with Gasteiger partial charge >= 0.3 is 6.03 Å². The van der Waals surface area contributed by atoms with E-state index in [-0.39, 0.29) is 5.91 Å². The van der Waals surface area contributed by atoms with Gasteiger partial charge in [-0.1, -0.05) is 0 Å². The maximum atomic E-state index is 12.0. The number of urea groups is 1. The Labute approximate surface area is 128 Å². The van der Waals surface area contributed by atoms with Crippen molar-refractivity contribution >= 4 is 18.0 Å². The van der Waals surface area contributed by atoms with Gasteiger partial charge in [0, 0.05) is 24.6 Å². The molecule has 1 saturated heterocycles. The van der Waals surface area contributed by atoms with E-state index < -0.39 is 6.03 Å². The van der Waals surface area contributed by atoms with Crippen LogP contribution in [0.25, 0.3) is 11.8 Å². The topological polar surface area (TPSA) is 67.2 Å². The molecule has 0 bridgehead atoms. The SMILES string of the molecule is Cc1cc(/C=C2/NC(=O)N(C)C2=O)c(C)n1-c1cccnc1. The molecule has 2 aromatic rings. The van der Waals surface area contributed by atoms with Gasteiger partial charge in [0.25, 0.3) is 5.91 Å². The van der Waals surface area contributed by atoms with Crippen LogP contribution >= 0.6 is 0 Å². The Morgan fingerprint density at radius 1 is 1.27 bits per heavy atom. The highest BCUT2D eigenvalue weighted by Crippen LogP contribution is 2.23. The van der Waals surface area contributed by atoms with Crippen molar-refractivity contribution in [2.45, 2.75) is 13.8 Å². The molecule has 3 rings (SSSR count). The predicted octanol–water partition coefficient (Wildman–Crippen LogP) is 2.01. The van der Waals surface area contributed by atoms with Gasteiger partial charge in [-0.25, -0.2) is 4.79 Å². The summed E-state index contributed by atoms with van der Waals surface area (Å²) in [5, 5.41) is 2.57. The van der Waals surface area contributed by atoms with Gasteiger partial charge in [0.2, 0.25) is 0 Å². The Bertz CT molecular complexity index is 790. The molecule has 3 amide bonds. The van der Waals surface area contributed by atoms with E-state index in [0.717, 1.165) is 27.5 Å². The van der Waals surface area contributed by atoms with E-state index in [0.29, 0.717) is 5.70 Å². The number of pyridine rings is 1. The Balaban J connectivity index is 2.05. The van der Waals surface area contributed by atoms with Crippen molar-refractivity contribution in [2.75, 3.05) is 7.05 Å². The van der Waals surface area contributed by atoms with E-state index in [2.05, 4.69) is 14.9 Å². The molecule has 1 N–H and O–H groups in total. The molecule has 1 fully saturated rings. The van der Waals surface area contributed by atoms with Crippen LogP contribution in [0.4, 0.5) is 4.79 Å². The van der Waals surface area contributed by atoms with Crippen molar-refractivity contribution in [1.29, 1.82) is 0 Å². The molecule has 6 nitrogen and oxygen atoms in total. The van der Waals surface area contributed by atoms with Crippen molar-refractivity contribution in [1.82, 2.24) is 19.8 Å². The lowest BCUT2D eigenvalue weighted by atomic mass is 10.2. The summed E-state index contributed by atoms with van der Waals surface area (Å²) in [7, 11) is 1.46. The van der Waals surface area contributed by atoms with Gasteiger partial charge in [-0.3, -0.25) is 14.7 Å². The maximum Gasteiger partial charge on any atom is 0.328 e. The number of aromatic nitrogens is 2. The zero-order valence-electron chi connectivity index (χ0n) is 12.6. The van der Waals surface area contributed by atoms with Crippen LogP contribution in [-0.4, -0.2) is 33.4 Å². The Morgan fingerprint density at radius 2 is 2.05 bits per heavy atom. The van der Waals surface area contributed by atoms with E-state index in [1.54, 1.807) is 18.5 Å². The third-order valence-corrected chi connectivity index (χ3v) is 3.76. The molecule has 6 heteroatoms. The number of aryl methyl sites for hydroxylation is 1. The van der Waals surface area contributed by atoms with Gasteiger partial charge in [0.1, 0.15) is 5.70 Å². The third kappa shape index (κ3) is 2.18. The zero-order chi connectivity index (χ0) is 15.9. The van der Waals surface area contributed by atoms with E-state index in [4.69, 9.17) is 0 Å². The zero-order valence-corrected chi connectivity index (χ0v) is 12.6. The van der Waals surface area contributed by atoms with Crippen LogP contribution in [0.2, 0.25) is 0 Å². The van der Waals surface area contributed by atoms with Crippen LogP contribution in [0.3, 0.4) is 0 Å². The summed E-state index contributed by atoms with van der Waals surface area (Å²) in [5.41, 5.74) is 4.15. The van der Waals surface area contributed by atoms with Crippen molar-refractivity contribution < 1.29 is 9.59 Å². The highest BCUT2D eigenvalue weighted by molar-refractivity contribution is 6.13. The number of nitrogens with one attached hydrogen (secondary N) is 1. The van der Waals surface area contributed by atoms with Gasteiger partial charge in [-0.05, 0) is 43.7 Å². The van der Waals surface area contributed by atoms with E-state index in [9.17, 15) is 9.59 Å². The van der Waals surface area contributed by atoms with Gasteiger partial charge in [-0.2, -0.15) is 0 Å². The van der Waals surface area contributed by atoms with Gasteiger partial charge in [0.15, 0.2) is 0 Å². The summed E-state index contributed by atoms with van der Waals surface area (Å²) in [6.07, 6.45) is 5.22. The second-order valence-corrected chi connectivity index (χ2v) is 5.23. The second-order valence-electron chi connectivity index (χ2n) is 5.23.